The Morgan fingerprint density at radius 2 is 1.68 bits per heavy atom. The highest BCUT2D eigenvalue weighted by atomic mass is 32.2. The Balaban J connectivity index is 1.93. The minimum atomic E-state index is -0.161. The topological polar surface area (TPSA) is 20.3 Å². The minimum Gasteiger partial charge on any atom is -0.346 e. The largest absolute Gasteiger partial charge is 0.346 e. The van der Waals surface area contributed by atoms with Crippen molar-refractivity contribution < 1.29 is 4.79 Å². The Morgan fingerprint density at radius 1 is 1.00 bits per heavy atom. The Labute approximate surface area is 134 Å². The molecule has 0 saturated heterocycles. The van der Waals surface area contributed by atoms with Crippen LogP contribution in [0.4, 0.5) is 5.69 Å². The van der Waals surface area contributed by atoms with Gasteiger partial charge in [-0.3, -0.25) is 4.79 Å². The molecule has 110 valence electrons. The number of fused-ring (bicyclic) bond motifs is 2. The average Bonchev–Trinajstić information content (AvgIpc) is 2.94. The van der Waals surface area contributed by atoms with Crippen LogP contribution < -0.4 is 4.90 Å². The molecule has 22 heavy (non-hydrogen) atoms. The van der Waals surface area contributed by atoms with Crippen LogP contribution in [0, 0.1) is 0 Å². The molecule has 3 heteroatoms. The zero-order valence-electron chi connectivity index (χ0n) is 12.9. The fourth-order valence-corrected chi connectivity index (χ4v) is 4.90. The first-order chi connectivity index (χ1) is 10.5. The molecule has 0 N–H and O–H groups in total. The molecule has 2 aliphatic heterocycles. The Kier molecular flexibility index (Phi) is 2.79. The maximum absolute atomic E-state index is 12.9. The van der Waals surface area contributed by atoms with Gasteiger partial charge in [-0.2, -0.15) is 0 Å². The van der Waals surface area contributed by atoms with Crippen LogP contribution in [-0.2, 0) is 5.41 Å². The van der Waals surface area contributed by atoms with Gasteiger partial charge in [-0.15, -0.1) is 0 Å². The van der Waals surface area contributed by atoms with E-state index in [1.165, 1.54) is 11.3 Å². The number of para-hydroxylation sites is 1. The van der Waals surface area contributed by atoms with Crippen LogP contribution in [0.15, 0.2) is 64.0 Å². The van der Waals surface area contributed by atoms with Crippen LogP contribution in [0.1, 0.15) is 29.8 Å². The first kappa shape index (κ1) is 13.6. The number of anilines is 1. The maximum atomic E-state index is 12.9. The minimum absolute atomic E-state index is 0.156. The molecule has 0 bridgehead atoms. The van der Waals surface area contributed by atoms with Crippen LogP contribution in [-0.4, -0.2) is 12.8 Å². The van der Waals surface area contributed by atoms with Crippen LogP contribution in [0.5, 0.6) is 0 Å². The second-order valence-corrected chi connectivity index (χ2v) is 7.36. The van der Waals surface area contributed by atoms with Crippen molar-refractivity contribution in [3.63, 3.8) is 0 Å². The summed E-state index contributed by atoms with van der Waals surface area (Å²) in [5.41, 5.74) is 4.25. The summed E-state index contributed by atoms with van der Waals surface area (Å²) in [4.78, 5) is 17.0. The Hall–Kier alpha value is -2.00. The van der Waals surface area contributed by atoms with Gasteiger partial charge in [0.25, 0.3) is 0 Å². The van der Waals surface area contributed by atoms with E-state index in [2.05, 4.69) is 50.1 Å². The summed E-state index contributed by atoms with van der Waals surface area (Å²) in [5, 5.41) is 0. The van der Waals surface area contributed by atoms with E-state index in [0.717, 1.165) is 21.1 Å². The molecule has 2 nitrogen and oxygen atoms in total. The van der Waals surface area contributed by atoms with Crippen molar-refractivity contribution in [2.24, 2.45) is 0 Å². The highest BCUT2D eigenvalue weighted by Crippen LogP contribution is 2.52. The average molecular weight is 307 g/mol. The van der Waals surface area contributed by atoms with Gasteiger partial charge in [0.2, 0.25) is 5.78 Å². The third-order valence-electron chi connectivity index (χ3n) is 4.63. The predicted molar refractivity (Wildman–Crippen MR) is 91.5 cm³/mol. The normalized spacial score (nSPS) is 22.0. The summed E-state index contributed by atoms with van der Waals surface area (Å²) in [5.74, 6) is 0.156. The van der Waals surface area contributed by atoms with Crippen molar-refractivity contribution in [2.45, 2.75) is 24.2 Å². The molecule has 2 aliphatic rings. The van der Waals surface area contributed by atoms with Crippen molar-refractivity contribution in [3.8, 4) is 0 Å². The molecule has 0 fully saturated rings. The van der Waals surface area contributed by atoms with Gasteiger partial charge in [-0.05, 0) is 23.8 Å². The molecule has 0 aliphatic carbocycles. The summed E-state index contributed by atoms with van der Waals surface area (Å²) in [6.07, 6.45) is 0. The van der Waals surface area contributed by atoms with Crippen LogP contribution in [0.25, 0.3) is 0 Å². The second-order valence-electron chi connectivity index (χ2n) is 6.31. The Morgan fingerprint density at radius 3 is 2.41 bits per heavy atom. The summed E-state index contributed by atoms with van der Waals surface area (Å²) < 4.78 is 0. The number of rotatable bonds is 0. The third-order valence-corrected chi connectivity index (χ3v) is 5.79. The highest BCUT2D eigenvalue weighted by Gasteiger charge is 2.43. The molecule has 2 heterocycles. The second kappa shape index (κ2) is 4.50. The summed E-state index contributed by atoms with van der Waals surface area (Å²) >= 11 is 1.61. The van der Waals surface area contributed by atoms with Crippen LogP contribution >= 0.6 is 11.8 Å². The number of ketones is 1. The van der Waals surface area contributed by atoms with Gasteiger partial charge in [-0.25, -0.2) is 0 Å². The van der Waals surface area contributed by atoms with Gasteiger partial charge in [-0.1, -0.05) is 55.9 Å². The van der Waals surface area contributed by atoms with Crippen LogP contribution in [0.3, 0.4) is 0 Å². The lowest BCUT2D eigenvalue weighted by Gasteiger charge is -2.25. The van der Waals surface area contributed by atoms with Crippen LogP contribution in [0.2, 0.25) is 0 Å². The SMILES string of the molecule is CN1/C(=C2\Sc3ccccc3C2=O)C(C)(C)c2ccccc21. The number of hydrogen-bond donors (Lipinski definition) is 0. The number of likely N-dealkylation sites (N-methyl/N-ethyl adjacent to an activating group) is 1. The van der Waals surface area contributed by atoms with Crippen molar-refractivity contribution in [1.82, 2.24) is 0 Å². The smallest absolute Gasteiger partial charge is 0.202 e. The fourth-order valence-electron chi connectivity index (χ4n) is 3.58. The highest BCUT2D eigenvalue weighted by molar-refractivity contribution is 8.04. The maximum Gasteiger partial charge on any atom is 0.202 e. The predicted octanol–water partition coefficient (Wildman–Crippen LogP) is 4.61. The van der Waals surface area contributed by atoms with Gasteiger partial charge in [0, 0.05) is 34.3 Å². The fraction of sp³-hybridized carbons (Fsp3) is 0.211. The zero-order chi connectivity index (χ0) is 15.5. The zero-order valence-corrected chi connectivity index (χ0v) is 13.7. The molecule has 2 aromatic rings. The number of carbonyl (C=O) groups excluding carboxylic acids is 1. The van der Waals surface area contributed by atoms with E-state index in [4.69, 9.17) is 0 Å². The monoisotopic (exact) mass is 307 g/mol. The van der Waals surface area contributed by atoms with E-state index in [9.17, 15) is 4.79 Å². The van der Waals surface area contributed by atoms with Gasteiger partial charge in [0.15, 0.2) is 0 Å². The van der Waals surface area contributed by atoms with Gasteiger partial charge < -0.3 is 4.90 Å². The van der Waals surface area contributed by atoms with E-state index in [1.54, 1.807) is 11.8 Å². The molecule has 0 unspecified atom stereocenters. The van der Waals surface area contributed by atoms with E-state index >= 15 is 0 Å². The molecule has 2 aromatic carbocycles. The van der Waals surface area contributed by atoms with Crippen molar-refractivity contribution >= 4 is 23.2 Å². The van der Waals surface area contributed by atoms with Crippen molar-refractivity contribution in [3.05, 3.63) is 70.3 Å². The molecule has 0 saturated carbocycles. The molecule has 4 rings (SSSR count). The van der Waals surface area contributed by atoms with Crippen molar-refractivity contribution in [2.75, 3.05) is 11.9 Å². The number of carbonyl (C=O) groups is 1. The number of hydrogen-bond acceptors (Lipinski definition) is 3. The number of thioether (sulfide) groups is 1. The Bertz CT molecular complexity index is 835. The number of nitrogens with zero attached hydrogens (tertiary/aromatic N) is 1. The molecule has 0 aromatic heterocycles. The lowest BCUT2D eigenvalue weighted by atomic mass is 9.83. The van der Waals surface area contributed by atoms with Gasteiger partial charge in [0.05, 0.1) is 4.91 Å². The van der Waals surface area contributed by atoms with E-state index in [0.29, 0.717) is 0 Å². The molecule has 0 spiro atoms. The number of allylic oxidation sites excluding steroid dienone is 2. The van der Waals surface area contributed by atoms with E-state index in [-0.39, 0.29) is 11.2 Å². The molecule has 0 radical (unpaired) electrons. The summed E-state index contributed by atoms with van der Waals surface area (Å²) in [6.45, 7) is 4.41. The molecular weight excluding hydrogens is 290 g/mol. The van der Waals surface area contributed by atoms with E-state index in [1.807, 2.05) is 24.3 Å². The molecule has 0 amide bonds. The van der Waals surface area contributed by atoms with Gasteiger partial charge in [0.1, 0.15) is 0 Å². The molecule has 0 atom stereocenters. The standard InChI is InChI=1S/C19H17NOS/c1-19(2)13-9-5-6-10-14(13)20(3)18(19)17-16(21)12-8-4-7-11-15(12)22-17/h4-11H,1-3H3/b18-17-. The lowest BCUT2D eigenvalue weighted by molar-refractivity contribution is 0.104. The quantitative estimate of drug-likeness (QED) is 0.663. The number of benzene rings is 2. The molecular formula is C19H17NOS. The lowest BCUT2D eigenvalue weighted by Crippen LogP contribution is -2.25. The summed E-state index contributed by atoms with van der Waals surface area (Å²) in [6, 6.07) is 16.3. The first-order valence-corrected chi connectivity index (χ1v) is 8.23. The first-order valence-electron chi connectivity index (χ1n) is 7.41. The third kappa shape index (κ3) is 1.66. The van der Waals surface area contributed by atoms with Crippen molar-refractivity contribution in [1.29, 1.82) is 0 Å². The van der Waals surface area contributed by atoms with Gasteiger partial charge >= 0.3 is 0 Å². The van der Waals surface area contributed by atoms with E-state index < -0.39 is 0 Å². The summed E-state index contributed by atoms with van der Waals surface area (Å²) in [7, 11) is 2.06. The number of Topliss-reactive ketones (excluding diaryl/α,β-unsaturated/α-hetero) is 1.